The number of ketones is 2. The first-order valence-electron chi connectivity index (χ1n) is 13.6. The number of benzene rings is 2. The number of nitrogens with zero attached hydrogens (tertiary/aromatic N) is 1. The molecule has 4 atom stereocenters. The van der Waals surface area contributed by atoms with Crippen molar-refractivity contribution in [2.75, 3.05) is 19.1 Å². The number of fused-ring (bicyclic) bond motifs is 3. The Morgan fingerprint density at radius 1 is 0.976 bits per heavy atom. The molecule has 0 bridgehead atoms. The number of imide groups is 1. The highest BCUT2D eigenvalue weighted by Gasteiger charge is 2.57. The van der Waals surface area contributed by atoms with Gasteiger partial charge in [-0.2, -0.15) is 0 Å². The zero-order chi connectivity index (χ0) is 30.0. The van der Waals surface area contributed by atoms with Crippen LogP contribution in [0.5, 0.6) is 17.2 Å². The Bertz CT molecular complexity index is 1670. The fourth-order valence-corrected chi connectivity index (χ4v) is 6.94. The molecule has 42 heavy (non-hydrogen) atoms. The fourth-order valence-electron chi connectivity index (χ4n) is 6.94. The van der Waals surface area contributed by atoms with Crippen molar-refractivity contribution in [1.29, 1.82) is 0 Å². The largest absolute Gasteiger partial charge is 0.507 e. The second-order valence-electron chi connectivity index (χ2n) is 11.0. The first-order chi connectivity index (χ1) is 20.1. The SMILES string of the molecule is COc1cc(O)c(C2C3=CCC4C(=O)N(c5cccc(B(O)O)c5)C(=O)C4C3CC3=C2C(=O)C(C)=CC3=O)c(OC)c1. The van der Waals surface area contributed by atoms with Gasteiger partial charge in [0.05, 0.1) is 31.7 Å². The predicted octanol–water partition coefficient (Wildman–Crippen LogP) is 1.72. The summed E-state index contributed by atoms with van der Waals surface area (Å²) in [6.45, 7) is 1.57. The minimum Gasteiger partial charge on any atom is -0.507 e. The number of ether oxygens (including phenoxy) is 2. The van der Waals surface area contributed by atoms with Gasteiger partial charge < -0.3 is 24.6 Å². The molecule has 0 aromatic heterocycles. The summed E-state index contributed by atoms with van der Waals surface area (Å²) in [5.74, 6) is -4.26. The van der Waals surface area contributed by atoms with Gasteiger partial charge in [-0.15, -0.1) is 0 Å². The van der Waals surface area contributed by atoms with Crippen LogP contribution < -0.4 is 19.8 Å². The summed E-state index contributed by atoms with van der Waals surface area (Å²) in [6, 6.07) is 8.92. The van der Waals surface area contributed by atoms with E-state index in [2.05, 4.69) is 0 Å². The van der Waals surface area contributed by atoms with Crippen molar-refractivity contribution in [2.24, 2.45) is 17.8 Å². The molecule has 6 rings (SSSR count). The van der Waals surface area contributed by atoms with Crippen molar-refractivity contribution in [3.63, 3.8) is 0 Å². The molecule has 1 heterocycles. The van der Waals surface area contributed by atoms with Crippen molar-refractivity contribution >= 4 is 41.6 Å². The average molecular weight is 569 g/mol. The number of Topliss-reactive ketones (excluding diaryl/α,β-unsaturated/α-hetero) is 1. The predicted molar refractivity (Wildman–Crippen MR) is 151 cm³/mol. The topological polar surface area (TPSA) is 151 Å². The lowest BCUT2D eigenvalue weighted by Gasteiger charge is -2.42. The molecule has 3 aliphatic carbocycles. The van der Waals surface area contributed by atoms with E-state index in [9.17, 15) is 34.3 Å². The molecule has 0 radical (unpaired) electrons. The zero-order valence-corrected chi connectivity index (χ0v) is 23.2. The van der Waals surface area contributed by atoms with E-state index in [0.717, 1.165) is 4.90 Å². The molecule has 214 valence electrons. The van der Waals surface area contributed by atoms with E-state index in [0.29, 0.717) is 11.3 Å². The first-order valence-corrected chi connectivity index (χ1v) is 13.6. The molecular weight excluding hydrogens is 541 g/mol. The van der Waals surface area contributed by atoms with E-state index < -0.39 is 42.6 Å². The number of hydrogen-bond acceptors (Lipinski definition) is 9. The van der Waals surface area contributed by atoms with Crippen LogP contribution in [0, 0.1) is 17.8 Å². The Kier molecular flexibility index (Phi) is 6.66. The van der Waals surface area contributed by atoms with Gasteiger partial charge >= 0.3 is 7.12 Å². The van der Waals surface area contributed by atoms with Crippen LogP contribution >= 0.6 is 0 Å². The third kappa shape index (κ3) is 4.03. The first kappa shape index (κ1) is 27.7. The maximum absolute atomic E-state index is 14.0. The van der Waals surface area contributed by atoms with Crippen LogP contribution in [0.2, 0.25) is 0 Å². The molecule has 1 fully saturated rings. The Hall–Kier alpha value is -4.48. The van der Waals surface area contributed by atoms with E-state index in [4.69, 9.17) is 9.47 Å². The molecule has 0 saturated carbocycles. The number of methoxy groups -OCH3 is 2. The fraction of sp³-hybridized carbons (Fsp3) is 0.290. The van der Waals surface area contributed by atoms with E-state index in [1.54, 1.807) is 19.1 Å². The minimum absolute atomic E-state index is 0.0780. The van der Waals surface area contributed by atoms with Crippen LogP contribution in [0.4, 0.5) is 5.69 Å². The van der Waals surface area contributed by atoms with Crippen molar-refractivity contribution < 1.29 is 43.8 Å². The molecular formula is C31H28BNO9. The Morgan fingerprint density at radius 3 is 2.43 bits per heavy atom. The van der Waals surface area contributed by atoms with E-state index >= 15 is 0 Å². The highest BCUT2D eigenvalue weighted by atomic mass is 16.5. The summed E-state index contributed by atoms with van der Waals surface area (Å²) in [5.41, 5.74) is 2.03. The standard InChI is InChI=1S/C31H28BNO9/c1-14-9-22(34)21-13-20-18(26(27(21)29(14)36)28-23(35)11-17(41-2)12-24(28)42-3)7-8-19-25(20)31(38)33(30(19)37)16-6-4-5-15(10-16)32(39)40/h4-7,9-12,19-20,25-26,35,39-40H,8,13H2,1-3H3. The maximum atomic E-state index is 14.0. The third-order valence-corrected chi connectivity index (χ3v) is 8.83. The molecule has 1 saturated heterocycles. The molecule has 2 amide bonds. The Labute approximate surface area is 241 Å². The van der Waals surface area contributed by atoms with Crippen molar-refractivity contribution in [2.45, 2.75) is 25.7 Å². The summed E-state index contributed by atoms with van der Waals surface area (Å²) in [5, 5.41) is 30.5. The van der Waals surface area contributed by atoms with E-state index in [-0.39, 0.29) is 69.3 Å². The maximum Gasteiger partial charge on any atom is 0.488 e. The van der Waals surface area contributed by atoms with Gasteiger partial charge in [-0.25, -0.2) is 0 Å². The van der Waals surface area contributed by atoms with Crippen LogP contribution in [0.1, 0.15) is 31.2 Å². The van der Waals surface area contributed by atoms with E-state index in [1.807, 2.05) is 6.08 Å². The number of anilines is 1. The number of allylic oxidation sites excluding steroid dienone is 6. The van der Waals surface area contributed by atoms with Crippen LogP contribution in [0.3, 0.4) is 0 Å². The Morgan fingerprint density at radius 2 is 1.74 bits per heavy atom. The highest BCUT2D eigenvalue weighted by Crippen LogP contribution is 2.58. The highest BCUT2D eigenvalue weighted by molar-refractivity contribution is 6.58. The van der Waals surface area contributed by atoms with Gasteiger partial charge in [-0.1, -0.05) is 23.8 Å². The number of hydrogen-bond donors (Lipinski definition) is 3. The molecule has 2 aromatic rings. The molecule has 11 heteroatoms. The smallest absolute Gasteiger partial charge is 0.488 e. The normalized spacial score (nSPS) is 25.0. The monoisotopic (exact) mass is 569 g/mol. The van der Waals surface area contributed by atoms with Gasteiger partial charge in [0.1, 0.15) is 17.2 Å². The number of aromatic hydroxyl groups is 1. The molecule has 10 nitrogen and oxygen atoms in total. The minimum atomic E-state index is -1.78. The summed E-state index contributed by atoms with van der Waals surface area (Å²) < 4.78 is 10.9. The number of rotatable bonds is 5. The van der Waals surface area contributed by atoms with Gasteiger partial charge in [-0.3, -0.25) is 24.1 Å². The quantitative estimate of drug-likeness (QED) is 0.212. The van der Waals surface area contributed by atoms with E-state index in [1.165, 1.54) is 44.6 Å². The van der Waals surface area contributed by atoms with Crippen LogP contribution in [0.25, 0.3) is 0 Å². The number of carbonyl (C=O) groups excluding carboxylic acids is 4. The molecule has 3 N–H and O–H groups in total. The van der Waals surface area contributed by atoms with Gasteiger partial charge in [0.2, 0.25) is 11.8 Å². The lowest BCUT2D eigenvalue weighted by atomic mass is 9.59. The van der Waals surface area contributed by atoms with Gasteiger partial charge in [0.15, 0.2) is 11.6 Å². The number of phenolic OH excluding ortho intramolecular Hbond substituents is 1. The lowest BCUT2D eigenvalue weighted by Crippen LogP contribution is -2.40. The van der Waals surface area contributed by atoms with Crippen molar-refractivity contribution in [3.8, 4) is 17.2 Å². The summed E-state index contributed by atoms with van der Waals surface area (Å²) in [4.78, 5) is 55.8. The van der Waals surface area contributed by atoms with Crippen molar-refractivity contribution in [1.82, 2.24) is 0 Å². The zero-order valence-electron chi connectivity index (χ0n) is 23.2. The van der Waals surface area contributed by atoms with Gasteiger partial charge in [0.25, 0.3) is 0 Å². The van der Waals surface area contributed by atoms with Gasteiger partial charge in [0, 0.05) is 40.3 Å². The third-order valence-electron chi connectivity index (χ3n) is 8.83. The van der Waals surface area contributed by atoms with Crippen LogP contribution in [-0.4, -0.2) is 59.9 Å². The summed E-state index contributed by atoms with van der Waals surface area (Å²) in [7, 11) is 1.08. The molecule has 2 aromatic carbocycles. The molecule has 0 spiro atoms. The lowest BCUT2D eigenvalue weighted by molar-refractivity contribution is -0.123. The van der Waals surface area contributed by atoms with Crippen LogP contribution in [-0.2, 0) is 19.2 Å². The second-order valence-corrected chi connectivity index (χ2v) is 11.0. The van der Waals surface area contributed by atoms with Crippen molar-refractivity contribution in [3.05, 3.63) is 76.4 Å². The molecule has 4 aliphatic rings. The van der Waals surface area contributed by atoms with Gasteiger partial charge in [-0.05, 0) is 49.4 Å². The van der Waals surface area contributed by atoms with Crippen LogP contribution in [0.15, 0.2) is 70.8 Å². The summed E-state index contributed by atoms with van der Waals surface area (Å²) >= 11 is 0. The second kappa shape index (κ2) is 10.1. The summed E-state index contributed by atoms with van der Waals surface area (Å²) in [6.07, 6.45) is 3.42. The molecule has 4 unspecified atom stereocenters. The average Bonchev–Trinajstić information content (AvgIpc) is 3.24. The Balaban J connectivity index is 1.51. The molecule has 1 aliphatic heterocycles. The number of amides is 2. The number of phenols is 1. The number of carbonyl (C=O) groups is 4.